The van der Waals surface area contributed by atoms with Gasteiger partial charge in [0, 0.05) is 31.0 Å². The summed E-state index contributed by atoms with van der Waals surface area (Å²) < 4.78 is 28.9. The number of nitrogens with zero attached hydrogens (tertiary/aromatic N) is 2. The molecule has 1 N–H and O–H groups in total. The van der Waals surface area contributed by atoms with Crippen molar-refractivity contribution in [2.75, 3.05) is 37.9 Å². The van der Waals surface area contributed by atoms with Crippen LogP contribution in [0.5, 0.6) is 5.75 Å². The first-order valence-corrected chi connectivity index (χ1v) is 12.3. The summed E-state index contributed by atoms with van der Waals surface area (Å²) in [5.41, 5.74) is 2.96. The number of hydrogen-bond acceptors (Lipinski definition) is 4. The molecule has 1 spiro atoms. The van der Waals surface area contributed by atoms with E-state index in [2.05, 4.69) is 39.5 Å². The first-order chi connectivity index (χ1) is 14.4. The summed E-state index contributed by atoms with van der Waals surface area (Å²) in [4.78, 5) is 7.12. The number of benzene rings is 2. The largest absolute Gasteiger partial charge is 0.492 e. The van der Waals surface area contributed by atoms with Crippen LogP contribution >= 0.6 is 24.0 Å². The maximum Gasteiger partial charge on any atom is 0.198 e. The molecule has 6 nitrogen and oxygen atoms in total. The molecular weight excluding hydrogens is 525 g/mol. The zero-order chi connectivity index (χ0) is 21.2. The van der Waals surface area contributed by atoms with Crippen LogP contribution in [0.2, 0.25) is 0 Å². The Hall–Kier alpha value is -1.81. The van der Waals surface area contributed by atoms with Crippen molar-refractivity contribution in [3.63, 3.8) is 0 Å². The van der Waals surface area contributed by atoms with Crippen LogP contribution in [0.1, 0.15) is 31.2 Å². The van der Waals surface area contributed by atoms with Gasteiger partial charge in [-0.25, -0.2) is 8.42 Å². The van der Waals surface area contributed by atoms with Crippen LogP contribution in [0.4, 0.5) is 5.69 Å². The van der Waals surface area contributed by atoms with Crippen LogP contribution < -0.4 is 15.0 Å². The summed E-state index contributed by atoms with van der Waals surface area (Å²) >= 11 is 0. The molecule has 2 aromatic carbocycles. The molecule has 1 heterocycles. The molecule has 4 rings (SSSR count). The van der Waals surface area contributed by atoms with Crippen molar-refractivity contribution in [2.24, 2.45) is 4.99 Å². The number of nitrogens with one attached hydrogen (secondary N) is 1. The third-order valence-corrected chi connectivity index (χ3v) is 7.29. The number of rotatable bonds is 5. The first-order valence-electron chi connectivity index (χ1n) is 10.4. The first kappa shape index (κ1) is 23.8. The number of sulfone groups is 1. The topological polar surface area (TPSA) is 71.0 Å². The number of para-hydroxylation sites is 1. The molecule has 2 aliphatic rings. The van der Waals surface area contributed by atoms with Crippen molar-refractivity contribution in [3.05, 3.63) is 54.1 Å². The fourth-order valence-corrected chi connectivity index (χ4v) is 5.34. The van der Waals surface area contributed by atoms with Crippen molar-refractivity contribution < 1.29 is 13.2 Å². The van der Waals surface area contributed by atoms with Gasteiger partial charge in [-0.3, -0.25) is 4.99 Å². The number of halogens is 1. The molecule has 1 aliphatic heterocycles. The van der Waals surface area contributed by atoms with Crippen molar-refractivity contribution in [1.82, 2.24) is 5.32 Å². The molecule has 0 radical (unpaired) electrons. The fraction of sp³-hybridized carbons (Fsp3) is 0.435. The van der Waals surface area contributed by atoms with Gasteiger partial charge < -0.3 is 15.0 Å². The predicted molar refractivity (Wildman–Crippen MR) is 136 cm³/mol. The summed E-state index contributed by atoms with van der Waals surface area (Å²) in [7, 11) is -1.38. The van der Waals surface area contributed by atoms with Crippen molar-refractivity contribution >= 4 is 45.5 Å². The van der Waals surface area contributed by atoms with E-state index in [4.69, 9.17) is 4.74 Å². The maximum absolute atomic E-state index is 11.6. The van der Waals surface area contributed by atoms with Gasteiger partial charge in [-0.1, -0.05) is 31.0 Å². The average molecular weight is 555 g/mol. The van der Waals surface area contributed by atoms with Crippen LogP contribution in [0.25, 0.3) is 0 Å². The van der Waals surface area contributed by atoms with Crippen molar-refractivity contribution in [3.8, 4) is 5.75 Å². The van der Waals surface area contributed by atoms with E-state index in [-0.39, 0.29) is 29.4 Å². The highest BCUT2D eigenvalue weighted by Crippen LogP contribution is 2.50. The Morgan fingerprint density at radius 2 is 1.81 bits per heavy atom. The minimum atomic E-state index is -3.19. The second-order valence-electron chi connectivity index (χ2n) is 8.16. The molecule has 2 aromatic rings. The lowest BCUT2D eigenvalue weighted by Gasteiger charge is -2.26. The number of hydrogen-bond donors (Lipinski definition) is 1. The van der Waals surface area contributed by atoms with Gasteiger partial charge in [0.05, 0.1) is 11.4 Å². The molecule has 0 bridgehead atoms. The molecule has 1 saturated carbocycles. The second kappa shape index (κ2) is 9.77. The molecule has 0 unspecified atom stereocenters. The standard InChI is InChI=1S/C23H29N3O3S.HI/c1-24-22(25-15-16-29-18-9-11-19(12-10-18)30(2,27)28)26-17-23(13-5-6-14-23)20-7-3-4-8-21(20)26;/h3-4,7-12H,5-6,13-17H2,1-2H3,(H,24,25);1H. The Morgan fingerprint density at radius 3 is 2.45 bits per heavy atom. The van der Waals surface area contributed by atoms with Crippen LogP contribution in [0.15, 0.2) is 58.4 Å². The van der Waals surface area contributed by atoms with Crippen LogP contribution in [-0.2, 0) is 15.3 Å². The zero-order valence-corrected chi connectivity index (χ0v) is 21.2. The van der Waals surface area contributed by atoms with E-state index in [1.807, 2.05) is 7.05 Å². The lowest BCUT2D eigenvalue weighted by molar-refractivity contribution is 0.322. The zero-order valence-electron chi connectivity index (χ0n) is 18.0. The minimum absolute atomic E-state index is 0. The highest BCUT2D eigenvalue weighted by molar-refractivity contribution is 14.0. The minimum Gasteiger partial charge on any atom is -0.492 e. The molecule has 0 atom stereocenters. The predicted octanol–water partition coefficient (Wildman–Crippen LogP) is 3.99. The summed E-state index contributed by atoms with van der Waals surface area (Å²) in [5.74, 6) is 1.51. The van der Waals surface area contributed by atoms with Crippen molar-refractivity contribution in [2.45, 2.75) is 36.0 Å². The van der Waals surface area contributed by atoms with Gasteiger partial charge in [-0.15, -0.1) is 24.0 Å². The smallest absolute Gasteiger partial charge is 0.198 e. The van der Waals surface area contributed by atoms with Crippen LogP contribution in [0.3, 0.4) is 0 Å². The van der Waals surface area contributed by atoms with Crippen molar-refractivity contribution in [1.29, 1.82) is 0 Å². The summed E-state index contributed by atoms with van der Waals surface area (Å²) in [6, 6.07) is 15.2. The Balaban J connectivity index is 0.00000272. The van der Waals surface area contributed by atoms with E-state index in [1.54, 1.807) is 24.3 Å². The second-order valence-corrected chi connectivity index (χ2v) is 10.2. The fourth-order valence-electron chi connectivity index (χ4n) is 4.71. The monoisotopic (exact) mass is 555 g/mol. The normalized spacial score (nSPS) is 17.4. The summed E-state index contributed by atoms with van der Waals surface area (Å²) in [6.45, 7) is 2.03. The Morgan fingerprint density at radius 1 is 1.13 bits per heavy atom. The Kier molecular flexibility index (Phi) is 7.51. The van der Waals surface area contributed by atoms with E-state index in [1.165, 1.54) is 43.2 Å². The SMILES string of the molecule is CN=C(NCCOc1ccc(S(C)(=O)=O)cc1)N1CC2(CCCC2)c2ccccc21.I. The number of fused-ring (bicyclic) bond motifs is 2. The van der Waals surface area contributed by atoms with E-state index in [0.717, 1.165) is 12.5 Å². The van der Waals surface area contributed by atoms with E-state index < -0.39 is 9.84 Å². The quantitative estimate of drug-likeness (QED) is 0.262. The Labute approximate surface area is 202 Å². The molecule has 8 heteroatoms. The van der Waals surface area contributed by atoms with E-state index >= 15 is 0 Å². The molecule has 0 amide bonds. The summed E-state index contributed by atoms with van der Waals surface area (Å²) in [6.07, 6.45) is 6.26. The molecule has 1 aliphatic carbocycles. The van der Waals surface area contributed by atoms with Gasteiger partial charge in [-0.05, 0) is 48.7 Å². The molecule has 0 saturated heterocycles. The molecule has 31 heavy (non-hydrogen) atoms. The third kappa shape index (κ3) is 5.00. The maximum atomic E-state index is 11.6. The molecular formula is C23H30IN3O3S. The van der Waals surface area contributed by atoms with E-state index in [0.29, 0.717) is 23.8 Å². The van der Waals surface area contributed by atoms with Crippen LogP contribution in [-0.4, -0.2) is 47.4 Å². The van der Waals surface area contributed by atoms with E-state index in [9.17, 15) is 8.42 Å². The number of guanidine groups is 1. The van der Waals surface area contributed by atoms with Gasteiger partial charge in [0.15, 0.2) is 15.8 Å². The molecule has 168 valence electrons. The lowest BCUT2D eigenvalue weighted by Crippen LogP contribution is -2.44. The summed E-state index contributed by atoms with van der Waals surface area (Å²) in [5, 5.41) is 3.42. The number of ether oxygens (including phenoxy) is 1. The number of aliphatic imine (C=N–C) groups is 1. The van der Waals surface area contributed by atoms with Gasteiger partial charge in [0.2, 0.25) is 0 Å². The van der Waals surface area contributed by atoms with Gasteiger partial charge in [-0.2, -0.15) is 0 Å². The third-order valence-electron chi connectivity index (χ3n) is 6.16. The highest BCUT2D eigenvalue weighted by atomic mass is 127. The van der Waals surface area contributed by atoms with Gasteiger partial charge in [0.1, 0.15) is 12.4 Å². The Bertz CT molecular complexity index is 1030. The van der Waals surface area contributed by atoms with Gasteiger partial charge in [0.25, 0.3) is 0 Å². The van der Waals surface area contributed by atoms with Gasteiger partial charge >= 0.3 is 0 Å². The average Bonchev–Trinajstić information content (AvgIpc) is 3.34. The number of anilines is 1. The molecule has 1 fully saturated rings. The highest BCUT2D eigenvalue weighted by Gasteiger charge is 2.45. The molecule has 0 aromatic heterocycles. The lowest BCUT2D eigenvalue weighted by atomic mass is 9.81. The van der Waals surface area contributed by atoms with Crippen LogP contribution in [0, 0.1) is 0 Å².